The van der Waals surface area contributed by atoms with E-state index in [0.29, 0.717) is 13.1 Å². The number of hydrogen-bond acceptors (Lipinski definition) is 4. The second-order valence-corrected chi connectivity index (χ2v) is 6.57. The number of nitrogens with zero attached hydrogens (tertiary/aromatic N) is 2. The molecule has 5 nitrogen and oxygen atoms in total. The first kappa shape index (κ1) is 15.3. The van der Waals surface area contributed by atoms with E-state index in [1.165, 1.54) is 4.88 Å². The second kappa shape index (κ2) is 6.56. The van der Waals surface area contributed by atoms with Gasteiger partial charge in [-0.15, -0.1) is 11.3 Å². The number of piperidine rings is 1. The summed E-state index contributed by atoms with van der Waals surface area (Å²) in [7, 11) is 3.54. The summed E-state index contributed by atoms with van der Waals surface area (Å²) in [6.45, 7) is 2.27. The highest BCUT2D eigenvalue weighted by molar-refractivity contribution is 7.09. The molecule has 1 aliphatic heterocycles. The molecule has 2 amide bonds. The monoisotopic (exact) mass is 297 g/mol. The first-order valence-corrected chi connectivity index (χ1v) is 7.79. The van der Waals surface area contributed by atoms with Gasteiger partial charge in [-0.25, -0.2) is 4.79 Å². The molecule has 0 bridgehead atoms. The molecule has 0 spiro atoms. The Morgan fingerprint density at radius 2 is 2.20 bits per heavy atom. The van der Waals surface area contributed by atoms with Gasteiger partial charge in [0.2, 0.25) is 0 Å². The molecule has 2 rings (SSSR count). The van der Waals surface area contributed by atoms with Crippen LogP contribution in [0.3, 0.4) is 0 Å². The number of likely N-dealkylation sites (tertiary alicyclic amines) is 1. The van der Waals surface area contributed by atoms with Gasteiger partial charge < -0.3 is 20.2 Å². The second-order valence-electron chi connectivity index (χ2n) is 5.54. The Morgan fingerprint density at radius 1 is 1.50 bits per heavy atom. The number of carbonyl (C=O) groups is 1. The quantitative estimate of drug-likeness (QED) is 0.882. The zero-order chi connectivity index (χ0) is 14.6. The molecule has 0 aliphatic carbocycles. The van der Waals surface area contributed by atoms with Crippen LogP contribution in [0.4, 0.5) is 4.79 Å². The van der Waals surface area contributed by atoms with Crippen molar-refractivity contribution in [2.24, 2.45) is 0 Å². The molecule has 20 heavy (non-hydrogen) atoms. The fourth-order valence-electron chi connectivity index (χ4n) is 2.49. The summed E-state index contributed by atoms with van der Waals surface area (Å²) < 4.78 is 0. The lowest BCUT2D eigenvalue weighted by atomic mass is 9.88. The molecule has 112 valence electrons. The third-order valence-corrected chi connectivity index (χ3v) is 4.77. The zero-order valence-corrected chi connectivity index (χ0v) is 12.9. The van der Waals surface area contributed by atoms with Crippen LogP contribution in [-0.2, 0) is 6.54 Å². The normalized spacial score (nSPS) is 18.1. The fourth-order valence-corrected chi connectivity index (χ4v) is 3.13. The lowest BCUT2D eigenvalue weighted by Crippen LogP contribution is -2.57. The van der Waals surface area contributed by atoms with Gasteiger partial charge in [0.25, 0.3) is 0 Å². The van der Waals surface area contributed by atoms with Gasteiger partial charge in [-0.2, -0.15) is 0 Å². The topological polar surface area (TPSA) is 55.8 Å². The van der Waals surface area contributed by atoms with E-state index in [9.17, 15) is 9.90 Å². The summed E-state index contributed by atoms with van der Waals surface area (Å²) in [5, 5.41) is 15.3. The zero-order valence-electron chi connectivity index (χ0n) is 12.1. The summed E-state index contributed by atoms with van der Waals surface area (Å²) >= 11 is 1.71. The standard InChI is InChI=1S/C14H23N3O2S/c1-16(2)13(19)17-7-5-14(11-18,6-8-17)15-10-12-4-3-9-20-12/h3-4,9,15,18H,5-8,10-11H2,1-2H3. The predicted molar refractivity (Wildman–Crippen MR) is 80.9 cm³/mol. The van der Waals surface area contributed by atoms with Crippen LogP contribution in [0.2, 0.25) is 0 Å². The first-order chi connectivity index (χ1) is 9.56. The van der Waals surface area contributed by atoms with Crippen LogP contribution in [0.15, 0.2) is 17.5 Å². The molecule has 1 saturated heterocycles. The van der Waals surface area contributed by atoms with Crippen molar-refractivity contribution in [2.45, 2.75) is 24.9 Å². The third-order valence-electron chi connectivity index (χ3n) is 3.89. The first-order valence-electron chi connectivity index (χ1n) is 6.91. The number of hydrogen-bond donors (Lipinski definition) is 2. The molecule has 0 unspecified atom stereocenters. The highest BCUT2D eigenvalue weighted by atomic mass is 32.1. The van der Waals surface area contributed by atoms with Crippen molar-refractivity contribution in [1.82, 2.24) is 15.1 Å². The lowest BCUT2D eigenvalue weighted by molar-refractivity contribution is 0.0813. The van der Waals surface area contributed by atoms with Crippen LogP contribution in [-0.4, -0.2) is 60.3 Å². The van der Waals surface area contributed by atoms with Crippen LogP contribution in [0.5, 0.6) is 0 Å². The van der Waals surface area contributed by atoms with E-state index in [4.69, 9.17) is 0 Å². The SMILES string of the molecule is CN(C)C(=O)N1CCC(CO)(NCc2cccs2)CC1. The van der Waals surface area contributed by atoms with Gasteiger partial charge in [0, 0.05) is 44.1 Å². The van der Waals surface area contributed by atoms with Gasteiger partial charge in [0.1, 0.15) is 0 Å². The van der Waals surface area contributed by atoms with Crippen LogP contribution < -0.4 is 5.32 Å². The van der Waals surface area contributed by atoms with Crippen molar-refractivity contribution < 1.29 is 9.90 Å². The number of urea groups is 1. The van der Waals surface area contributed by atoms with E-state index in [-0.39, 0.29) is 18.2 Å². The summed E-state index contributed by atoms with van der Waals surface area (Å²) in [5.41, 5.74) is -0.257. The number of nitrogens with one attached hydrogen (secondary N) is 1. The molecule has 1 aromatic heterocycles. The Hall–Kier alpha value is -1.11. The fraction of sp³-hybridized carbons (Fsp3) is 0.643. The summed E-state index contributed by atoms with van der Waals surface area (Å²) in [6, 6.07) is 4.17. The van der Waals surface area contributed by atoms with Crippen LogP contribution >= 0.6 is 11.3 Å². The van der Waals surface area contributed by atoms with Gasteiger partial charge in [0.05, 0.1) is 6.61 Å². The minimum absolute atomic E-state index is 0.0507. The number of aliphatic hydroxyl groups is 1. The molecule has 1 fully saturated rings. The maximum absolute atomic E-state index is 11.9. The van der Waals surface area contributed by atoms with Gasteiger partial charge in [-0.05, 0) is 24.3 Å². The van der Waals surface area contributed by atoms with E-state index >= 15 is 0 Å². The number of carbonyl (C=O) groups excluding carboxylic acids is 1. The summed E-state index contributed by atoms with van der Waals surface area (Å²) in [4.78, 5) is 16.6. The molecule has 1 aliphatic rings. The van der Waals surface area contributed by atoms with E-state index in [0.717, 1.165) is 19.4 Å². The van der Waals surface area contributed by atoms with Gasteiger partial charge in [0.15, 0.2) is 0 Å². The molecule has 0 atom stereocenters. The average molecular weight is 297 g/mol. The minimum Gasteiger partial charge on any atom is -0.394 e. The Morgan fingerprint density at radius 3 is 2.70 bits per heavy atom. The van der Waals surface area contributed by atoms with Crippen molar-refractivity contribution in [3.8, 4) is 0 Å². The van der Waals surface area contributed by atoms with Crippen molar-refractivity contribution in [3.05, 3.63) is 22.4 Å². The predicted octanol–water partition coefficient (Wildman–Crippen LogP) is 1.35. The van der Waals surface area contributed by atoms with Crippen LogP contribution in [0.25, 0.3) is 0 Å². The molecular formula is C14H23N3O2S. The summed E-state index contributed by atoms with van der Waals surface area (Å²) in [5.74, 6) is 0. The highest BCUT2D eigenvalue weighted by Gasteiger charge is 2.35. The number of aliphatic hydroxyl groups excluding tert-OH is 1. The van der Waals surface area contributed by atoms with Gasteiger partial charge in [-0.1, -0.05) is 6.07 Å². The molecule has 6 heteroatoms. The van der Waals surface area contributed by atoms with Crippen molar-refractivity contribution in [1.29, 1.82) is 0 Å². The number of rotatable bonds is 4. The molecule has 0 radical (unpaired) electrons. The Balaban J connectivity index is 1.89. The summed E-state index contributed by atoms with van der Waals surface area (Å²) in [6.07, 6.45) is 1.57. The molecule has 2 N–H and O–H groups in total. The van der Waals surface area contributed by atoms with E-state index < -0.39 is 0 Å². The van der Waals surface area contributed by atoms with Crippen LogP contribution in [0, 0.1) is 0 Å². The third kappa shape index (κ3) is 3.50. The molecule has 1 aromatic rings. The largest absolute Gasteiger partial charge is 0.394 e. The van der Waals surface area contributed by atoms with Crippen LogP contribution in [0.1, 0.15) is 17.7 Å². The minimum atomic E-state index is -0.257. The van der Waals surface area contributed by atoms with Crippen molar-refractivity contribution >= 4 is 17.4 Å². The molecular weight excluding hydrogens is 274 g/mol. The van der Waals surface area contributed by atoms with Gasteiger partial charge >= 0.3 is 6.03 Å². The van der Waals surface area contributed by atoms with Gasteiger partial charge in [-0.3, -0.25) is 0 Å². The number of amides is 2. The van der Waals surface area contributed by atoms with Crippen molar-refractivity contribution in [2.75, 3.05) is 33.8 Å². The van der Waals surface area contributed by atoms with E-state index in [1.807, 2.05) is 11.0 Å². The maximum Gasteiger partial charge on any atom is 0.319 e. The van der Waals surface area contributed by atoms with Crippen molar-refractivity contribution in [3.63, 3.8) is 0 Å². The molecule has 2 heterocycles. The molecule has 0 saturated carbocycles. The maximum atomic E-state index is 11.9. The molecule has 0 aromatic carbocycles. The Kier molecular flexibility index (Phi) is 5.01. The average Bonchev–Trinajstić information content (AvgIpc) is 2.98. The number of thiophene rings is 1. The Labute approximate surface area is 124 Å². The van der Waals surface area contributed by atoms with E-state index in [2.05, 4.69) is 16.8 Å². The Bertz CT molecular complexity index is 426. The van der Waals surface area contributed by atoms with E-state index in [1.54, 1.807) is 30.3 Å². The smallest absolute Gasteiger partial charge is 0.319 e. The lowest BCUT2D eigenvalue weighted by Gasteiger charge is -2.42. The highest BCUT2D eigenvalue weighted by Crippen LogP contribution is 2.23.